The van der Waals surface area contributed by atoms with Gasteiger partial charge in [-0.15, -0.1) is 0 Å². The Hall–Kier alpha value is -0.510. The van der Waals surface area contributed by atoms with Crippen molar-refractivity contribution in [3.05, 3.63) is 23.1 Å². The molecule has 0 aliphatic heterocycles. The van der Waals surface area contributed by atoms with Crippen LogP contribution in [0.4, 0.5) is 0 Å². The van der Waals surface area contributed by atoms with Crippen LogP contribution < -0.4 is 5.73 Å². The van der Waals surface area contributed by atoms with Crippen LogP contribution >= 0.6 is 11.6 Å². The van der Waals surface area contributed by atoms with Crippen LogP contribution in [-0.4, -0.2) is 24.5 Å². The van der Waals surface area contributed by atoms with Gasteiger partial charge in [-0.05, 0) is 24.2 Å². The Morgan fingerprint density at radius 1 is 1.62 bits per heavy atom. The summed E-state index contributed by atoms with van der Waals surface area (Å²) in [5.74, 6) is 0. The number of nitrogens with zero attached hydrogens (tertiary/aromatic N) is 1. The predicted octanol–water partition coefficient (Wildman–Crippen LogP) is 1.71. The van der Waals surface area contributed by atoms with Crippen molar-refractivity contribution in [2.24, 2.45) is 5.73 Å². The van der Waals surface area contributed by atoms with Crippen LogP contribution in [0.25, 0.3) is 0 Å². The zero-order chi connectivity index (χ0) is 9.68. The molecule has 13 heavy (non-hydrogen) atoms. The molecule has 0 fully saturated rings. The fraction of sp³-hybridized carbons (Fsp3) is 0.556. The third kappa shape index (κ3) is 3.03. The summed E-state index contributed by atoms with van der Waals surface area (Å²) in [4.78, 5) is 2.22. The molecule has 0 aromatic carbocycles. The maximum atomic E-state index is 5.82. The highest BCUT2D eigenvalue weighted by atomic mass is 35.5. The third-order valence-corrected chi connectivity index (χ3v) is 2.31. The number of hydrogen-bond donors (Lipinski definition) is 1. The van der Waals surface area contributed by atoms with Crippen molar-refractivity contribution >= 4 is 11.6 Å². The van der Waals surface area contributed by atoms with Crippen LogP contribution in [0.3, 0.4) is 0 Å². The van der Waals surface area contributed by atoms with Gasteiger partial charge in [0, 0.05) is 25.2 Å². The fourth-order valence-electron chi connectivity index (χ4n) is 1.20. The lowest BCUT2D eigenvalue weighted by atomic mass is 10.3. The summed E-state index contributed by atoms with van der Waals surface area (Å²) >= 11 is 5.82. The minimum Gasteiger partial charge on any atom is -0.453 e. The molecule has 0 aliphatic rings. The molecule has 1 heterocycles. The molecule has 4 heteroatoms. The minimum absolute atomic E-state index is 0.482. The molecule has 0 aliphatic carbocycles. The quantitative estimate of drug-likeness (QED) is 0.791. The van der Waals surface area contributed by atoms with Crippen molar-refractivity contribution in [2.75, 3.05) is 19.6 Å². The summed E-state index contributed by atoms with van der Waals surface area (Å²) in [6.07, 6.45) is 1.61. The lowest BCUT2D eigenvalue weighted by Crippen LogP contribution is -2.28. The van der Waals surface area contributed by atoms with E-state index >= 15 is 0 Å². The molecule has 74 valence electrons. The van der Waals surface area contributed by atoms with Crippen molar-refractivity contribution in [1.29, 1.82) is 0 Å². The van der Waals surface area contributed by atoms with Crippen LogP contribution in [0.1, 0.15) is 12.5 Å². The van der Waals surface area contributed by atoms with Gasteiger partial charge in [-0.3, -0.25) is 4.90 Å². The number of likely N-dealkylation sites (N-methyl/N-ethyl adjacent to an activating group) is 1. The third-order valence-electron chi connectivity index (χ3n) is 1.98. The van der Waals surface area contributed by atoms with E-state index in [2.05, 4.69) is 11.8 Å². The molecular formula is C9H15ClN2O. The second kappa shape index (κ2) is 5.27. The first-order valence-corrected chi connectivity index (χ1v) is 4.80. The van der Waals surface area contributed by atoms with Crippen LogP contribution in [-0.2, 0) is 6.54 Å². The lowest BCUT2D eigenvalue weighted by molar-refractivity contribution is 0.287. The van der Waals surface area contributed by atoms with Gasteiger partial charge in [-0.2, -0.15) is 0 Å². The number of halogens is 1. The highest BCUT2D eigenvalue weighted by molar-refractivity contribution is 6.29. The van der Waals surface area contributed by atoms with Gasteiger partial charge in [0.25, 0.3) is 0 Å². The molecule has 3 nitrogen and oxygen atoms in total. The molecule has 1 aromatic heterocycles. The highest BCUT2D eigenvalue weighted by Gasteiger charge is 2.07. The maximum absolute atomic E-state index is 5.82. The van der Waals surface area contributed by atoms with E-state index in [0.717, 1.165) is 25.2 Å². The largest absolute Gasteiger partial charge is 0.453 e. The lowest BCUT2D eigenvalue weighted by Gasteiger charge is -2.18. The van der Waals surface area contributed by atoms with Gasteiger partial charge in [0.2, 0.25) is 0 Å². The van der Waals surface area contributed by atoms with Gasteiger partial charge < -0.3 is 10.2 Å². The summed E-state index contributed by atoms with van der Waals surface area (Å²) < 4.78 is 5.00. The average Bonchev–Trinajstić information content (AvgIpc) is 2.51. The molecule has 0 spiro atoms. The molecule has 1 aromatic rings. The van der Waals surface area contributed by atoms with E-state index in [-0.39, 0.29) is 0 Å². The van der Waals surface area contributed by atoms with E-state index in [1.165, 1.54) is 0 Å². The molecule has 0 saturated heterocycles. The van der Waals surface area contributed by atoms with Gasteiger partial charge in [-0.1, -0.05) is 6.92 Å². The molecule has 0 amide bonds. The number of rotatable bonds is 5. The van der Waals surface area contributed by atoms with Crippen LogP contribution in [0, 0.1) is 0 Å². The van der Waals surface area contributed by atoms with Gasteiger partial charge in [0.15, 0.2) is 5.22 Å². The zero-order valence-electron chi connectivity index (χ0n) is 7.79. The second-order valence-electron chi connectivity index (χ2n) is 2.88. The Bertz CT molecular complexity index is 250. The molecule has 0 saturated carbocycles. The molecular weight excluding hydrogens is 188 g/mol. The Kier molecular flexibility index (Phi) is 4.28. The molecule has 0 atom stereocenters. The van der Waals surface area contributed by atoms with Crippen molar-refractivity contribution < 1.29 is 4.42 Å². The van der Waals surface area contributed by atoms with E-state index in [9.17, 15) is 0 Å². The number of nitrogens with two attached hydrogens (primary N) is 1. The minimum atomic E-state index is 0.482. The molecule has 1 rings (SSSR count). The van der Waals surface area contributed by atoms with E-state index in [1.54, 1.807) is 6.26 Å². The summed E-state index contributed by atoms with van der Waals surface area (Å²) in [6, 6.07) is 1.89. The van der Waals surface area contributed by atoms with Crippen molar-refractivity contribution in [3.63, 3.8) is 0 Å². The van der Waals surface area contributed by atoms with Crippen molar-refractivity contribution in [3.8, 4) is 0 Å². The summed E-state index contributed by atoms with van der Waals surface area (Å²) in [5, 5.41) is 0.482. The molecule has 2 N–H and O–H groups in total. The fourth-order valence-corrected chi connectivity index (χ4v) is 1.38. The standard InChI is InChI=1S/C9H15ClN2O/c1-2-12(5-4-11)7-8-3-6-13-9(8)10/h3,6H,2,4-5,7,11H2,1H3. The van der Waals surface area contributed by atoms with E-state index in [1.807, 2.05) is 6.07 Å². The normalized spacial score (nSPS) is 11.1. The van der Waals surface area contributed by atoms with E-state index < -0.39 is 0 Å². The smallest absolute Gasteiger partial charge is 0.197 e. The Labute approximate surface area is 83.5 Å². The summed E-state index contributed by atoms with van der Waals surface area (Å²) in [6.45, 7) is 5.44. The van der Waals surface area contributed by atoms with Crippen molar-refractivity contribution in [2.45, 2.75) is 13.5 Å². The highest BCUT2D eigenvalue weighted by Crippen LogP contribution is 2.18. The Morgan fingerprint density at radius 3 is 2.85 bits per heavy atom. The van der Waals surface area contributed by atoms with E-state index in [4.69, 9.17) is 21.8 Å². The number of furan rings is 1. The molecule has 0 unspecified atom stereocenters. The Balaban J connectivity index is 2.51. The molecule has 0 bridgehead atoms. The van der Waals surface area contributed by atoms with Gasteiger partial charge in [0.05, 0.1) is 6.26 Å². The maximum Gasteiger partial charge on any atom is 0.197 e. The second-order valence-corrected chi connectivity index (χ2v) is 3.22. The summed E-state index contributed by atoms with van der Waals surface area (Å²) in [5.41, 5.74) is 6.50. The van der Waals surface area contributed by atoms with Crippen molar-refractivity contribution in [1.82, 2.24) is 4.90 Å². The first-order chi connectivity index (χ1) is 6.27. The van der Waals surface area contributed by atoms with E-state index in [0.29, 0.717) is 11.8 Å². The average molecular weight is 203 g/mol. The van der Waals surface area contributed by atoms with Gasteiger partial charge in [0.1, 0.15) is 0 Å². The first-order valence-electron chi connectivity index (χ1n) is 4.42. The van der Waals surface area contributed by atoms with Gasteiger partial charge >= 0.3 is 0 Å². The molecule has 0 radical (unpaired) electrons. The van der Waals surface area contributed by atoms with Crippen LogP contribution in [0.5, 0.6) is 0 Å². The monoisotopic (exact) mass is 202 g/mol. The van der Waals surface area contributed by atoms with Crippen LogP contribution in [0.15, 0.2) is 16.7 Å². The Morgan fingerprint density at radius 2 is 2.38 bits per heavy atom. The zero-order valence-corrected chi connectivity index (χ0v) is 8.55. The predicted molar refractivity (Wildman–Crippen MR) is 53.7 cm³/mol. The SMILES string of the molecule is CCN(CCN)Cc1ccoc1Cl. The summed E-state index contributed by atoms with van der Waals surface area (Å²) in [7, 11) is 0. The van der Waals surface area contributed by atoms with Crippen LogP contribution in [0.2, 0.25) is 5.22 Å². The van der Waals surface area contributed by atoms with Gasteiger partial charge in [-0.25, -0.2) is 0 Å². The number of hydrogen-bond acceptors (Lipinski definition) is 3. The topological polar surface area (TPSA) is 42.4 Å². The first kappa shape index (κ1) is 10.6.